The van der Waals surface area contributed by atoms with Gasteiger partial charge in [-0.2, -0.15) is 0 Å². The molecule has 3 rings (SSSR count). The van der Waals surface area contributed by atoms with E-state index in [9.17, 15) is 14.0 Å². The first-order valence-corrected chi connectivity index (χ1v) is 8.85. The fourth-order valence-electron chi connectivity index (χ4n) is 3.90. The van der Waals surface area contributed by atoms with Crippen molar-refractivity contribution >= 4 is 11.9 Å². The first-order valence-electron chi connectivity index (χ1n) is 8.85. The summed E-state index contributed by atoms with van der Waals surface area (Å²) in [6.07, 6.45) is 2.13. The molecule has 3 N–H and O–H groups in total. The van der Waals surface area contributed by atoms with E-state index in [2.05, 4.69) is 5.32 Å². The second kappa shape index (κ2) is 7.82. The Balaban J connectivity index is 1.55. The van der Waals surface area contributed by atoms with E-state index in [4.69, 9.17) is 5.73 Å². The fraction of sp³-hybridized carbons (Fsp3) is 0.556. The Morgan fingerprint density at radius 1 is 1.36 bits per heavy atom. The van der Waals surface area contributed by atoms with Gasteiger partial charge in [0.15, 0.2) is 0 Å². The van der Waals surface area contributed by atoms with E-state index in [1.54, 1.807) is 17.0 Å². The molecule has 1 aromatic rings. The maximum atomic E-state index is 13.2. The number of nitrogens with zero attached hydrogens (tertiary/aromatic N) is 2. The molecule has 0 aromatic heterocycles. The smallest absolute Gasteiger partial charge is 0.317 e. The molecule has 0 aliphatic carbocycles. The van der Waals surface area contributed by atoms with Crippen LogP contribution in [0.25, 0.3) is 0 Å². The largest absolute Gasteiger partial charge is 0.338 e. The van der Waals surface area contributed by atoms with Gasteiger partial charge in [-0.25, -0.2) is 9.18 Å². The third-order valence-electron chi connectivity index (χ3n) is 5.13. The minimum atomic E-state index is -0.306. The van der Waals surface area contributed by atoms with Gasteiger partial charge in [0.25, 0.3) is 0 Å². The third kappa shape index (κ3) is 4.10. The van der Waals surface area contributed by atoms with Crippen molar-refractivity contribution < 1.29 is 14.0 Å². The lowest BCUT2D eigenvalue weighted by Crippen LogP contribution is -2.58. The molecule has 0 unspecified atom stereocenters. The topological polar surface area (TPSA) is 78.7 Å². The number of fused-ring (bicyclic) bond motifs is 1. The van der Waals surface area contributed by atoms with Crippen molar-refractivity contribution in [3.8, 4) is 0 Å². The molecule has 2 heterocycles. The Hall–Kier alpha value is -2.15. The number of carbonyl (C=O) groups is 2. The van der Waals surface area contributed by atoms with Crippen molar-refractivity contribution in [2.45, 2.75) is 31.8 Å². The summed E-state index contributed by atoms with van der Waals surface area (Å²) in [6.45, 7) is 2.62. The van der Waals surface area contributed by atoms with Gasteiger partial charge in [0.05, 0.1) is 0 Å². The number of hydrogen-bond acceptors (Lipinski definition) is 3. The Morgan fingerprint density at radius 3 is 2.96 bits per heavy atom. The molecule has 136 valence electrons. The molecule has 25 heavy (non-hydrogen) atoms. The van der Waals surface area contributed by atoms with Gasteiger partial charge >= 0.3 is 6.03 Å². The Bertz CT molecular complexity index is 639. The molecule has 2 aliphatic rings. The van der Waals surface area contributed by atoms with Gasteiger partial charge < -0.3 is 20.9 Å². The van der Waals surface area contributed by atoms with Gasteiger partial charge in [0.2, 0.25) is 5.91 Å². The van der Waals surface area contributed by atoms with Crippen LogP contribution in [0.5, 0.6) is 0 Å². The normalized spacial score (nSPS) is 23.4. The lowest BCUT2D eigenvalue weighted by Gasteiger charge is -2.47. The number of hydrogen-bond donors (Lipinski definition) is 2. The minimum absolute atomic E-state index is 0.134. The zero-order chi connectivity index (χ0) is 17.8. The zero-order valence-corrected chi connectivity index (χ0v) is 14.3. The number of rotatable bonds is 4. The van der Waals surface area contributed by atoms with Gasteiger partial charge in [-0.3, -0.25) is 4.79 Å². The monoisotopic (exact) mass is 348 g/mol. The molecule has 2 fully saturated rings. The van der Waals surface area contributed by atoms with E-state index in [0.717, 1.165) is 18.4 Å². The molecule has 7 heteroatoms. The maximum Gasteiger partial charge on any atom is 0.317 e. The van der Waals surface area contributed by atoms with Crippen LogP contribution in [0, 0.1) is 11.7 Å². The number of benzene rings is 1. The van der Waals surface area contributed by atoms with Gasteiger partial charge in [0.1, 0.15) is 5.82 Å². The van der Waals surface area contributed by atoms with Crippen LogP contribution in [0.15, 0.2) is 24.3 Å². The highest BCUT2D eigenvalue weighted by atomic mass is 19.1. The standard InChI is InChI=1S/C18H25FN4O2/c19-15-3-1-2-13(10-15)11-21-18(25)22-8-6-16-14(12-22)4-5-17(24)23(16)9-7-20/h1-3,10,14,16H,4-9,11-12,20H2,(H,21,25)/t14-,16+/m0/s1. The average molecular weight is 348 g/mol. The van der Waals surface area contributed by atoms with Crippen molar-refractivity contribution in [3.05, 3.63) is 35.6 Å². The van der Waals surface area contributed by atoms with Gasteiger partial charge in [-0.15, -0.1) is 0 Å². The van der Waals surface area contributed by atoms with Gasteiger partial charge in [-0.05, 0) is 36.5 Å². The van der Waals surface area contributed by atoms with E-state index in [1.807, 2.05) is 4.90 Å². The van der Waals surface area contributed by atoms with E-state index in [0.29, 0.717) is 45.1 Å². The number of amides is 3. The molecule has 0 radical (unpaired) electrons. The van der Waals surface area contributed by atoms with Crippen molar-refractivity contribution in [1.29, 1.82) is 0 Å². The number of urea groups is 1. The quantitative estimate of drug-likeness (QED) is 0.861. The van der Waals surface area contributed by atoms with E-state index < -0.39 is 0 Å². The van der Waals surface area contributed by atoms with Crippen molar-refractivity contribution in [2.75, 3.05) is 26.2 Å². The van der Waals surface area contributed by atoms with Crippen LogP contribution in [0.2, 0.25) is 0 Å². The Labute approximate surface area is 147 Å². The fourth-order valence-corrected chi connectivity index (χ4v) is 3.90. The lowest BCUT2D eigenvalue weighted by molar-refractivity contribution is -0.140. The molecule has 3 amide bonds. The summed E-state index contributed by atoms with van der Waals surface area (Å²) in [5.74, 6) is 0.174. The van der Waals surface area contributed by atoms with Crippen LogP contribution in [0.4, 0.5) is 9.18 Å². The highest BCUT2D eigenvalue weighted by molar-refractivity contribution is 5.78. The molecule has 1 aromatic carbocycles. The van der Waals surface area contributed by atoms with Gasteiger partial charge in [-0.1, -0.05) is 12.1 Å². The molecule has 2 aliphatic heterocycles. The molecule has 0 saturated carbocycles. The summed E-state index contributed by atoms with van der Waals surface area (Å²) in [5, 5.41) is 2.86. The number of carbonyl (C=O) groups excluding carboxylic acids is 2. The Kier molecular flexibility index (Phi) is 5.53. The molecule has 2 atom stereocenters. The van der Waals surface area contributed by atoms with Crippen molar-refractivity contribution in [2.24, 2.45) is 11.7 Å². The van der Waals surface area contributed by atoms with E-state index in [-0.39, 0.29) is 23.8 Å². The van der Waals surface area contributed by atoms with Crippen LogP contribution in [-0.2, 0) is 11.3 Å². The van der Waals surface area contributed by atoms with Crippen LogP contribution in [-0.4, -0.2) is 54.0 Å². The zero-order valence-electron chi connectivity index (χ0n) is 14.3. The minimum Gasteiger partial charge on any atom is -0.338 e. The number of likely N-dealkylation sites (tertiary alicyclic amines) is 2. The van der Waals surface area contributed by atoms with Crippen LogP contribution >= 0.6 is 0 Å². The first-order chi connectivity index (χ1) is 12.1. The molecule has 6 nitrogen and oxygen atoms in total. The predicted molar refractivity (Wildman–Crippen MR) is 92.1 cm³/mol. The molecule has 0 spiro atoms. The third-order valence-corrected chi connectivity index (χ3v) is 5.13. The summed E-state index contributed by atoms with van der Waals surface area (Å²) in [5.41, 5.74) is 6.37. The maximum absolute atomic E-state index is 13.2. The van der Waals surface area contributed by atoms with Crippen molar-refractivity contribution in [1.82, 2.24) is 15.1 Å². The summed E-state index contributed by atoms with van der Waals surface area (Å²) < 4.78 is 13.2. The van der Waals surface area contributed by atoms with Crippen LogP contribution in [0.1, 0.15) is 24.8 Å². The SMILES string of the molecule is NCCN1C(=O)CC[C@H]2CN(C(=O)NCc3cccc(F)c3)CC[C@H]21. The lowest BCUT2D eigenvalue weighted by atomic mass is 9.83. The second-order valence-electron chi connectivity index (χ2n) is 6.77. The molecule has 2 saturated heterocycles. The second-order valence-corrected chi connectivity index (χ2v) is 6.77. The molecular formula is C18H25FN4O2. The van der Waals surface area contributed by atoms with Crippen molar-refractivity contribution in [3.63, 3.8) is 0 Å². The summed E-state index contributed by atoms with van der Waals surface area (Å²) in [7, 11) is 0. The summed E-state index contributed by atoms with van der Waals surface area (Å²) in [4.78, 5) is 28.2. The highest BCUT2D eigenvalue weighted by Crippen LogP contribution is 2.31. The van der Waals surface area contributed by atoms with E-state index in [1.165, 1.54) is 12.1 Å². The number of piperidine rings is 2. The summed E-state index contributed by atoms with van der Waals surface area (Å²) >= 11 is 0. The Morgan fingerprint density at radius 2 is 2.20 bits per heavy atom. The summed E-state index contributed by atoms with van der Waals surface area (Å²) in [6, 6.07) is 6.28. The first kappa shape index (κ1) is 17.7. The van der Waals surface area contributed by atoms with E-state index >= 15 is 0 Å². The average Bonchev–Trinajstić information content (AvgIpc) is 2.62. The number of nitrogens with one attached hydrogen (secondary N) is 1. The van der Waals surface area contributed by atoms with Crippen LogP contribution in [0.3, 0.4) is 0 Å². The van der Waals surface area contributed by atoms with Crippen LogP contribution < -0.4 is 11.1 Å². The number of halogens is 1. The van der Waals surface area contributed by atoms with Gasteiger partial charge in [0, 0.05) is 45.2 Å². The molecular weight excluding hydrogens is 323 g/mol. The predicted octanol–water partition coefficient (Wildman–Crippen LogP) is 1.31. The molecule has 0 bridgehead atoms. The number of nitrogens with two attached hydrogens (primary N) is 1. The highest BCUT2D eigenvalue weighted by Gasteiger charge is 2.39.